The second kappa shape index (κ2) is 6.07. The fraction of sp³-hybridized carbons (Fsp3) is 0.444. The lowest BCUT2D eigenvalue weighted by molar-refractivity contribution is 0.0859. The Morgan fingerprint density at radius 3 is 3.04 bits per heavy atom. The summed E-state index contributed by atoms with van der Waals surface area (Å²) in [7, 11) is 1.63. The van der Waals surface area contributed by atoms with Crippen LogP contribution in [0.5, 0.6) is 5.75 Å². The first-order chi connectivity index (χ1) is 12.1. The van der Waals surface area contributed by atoms with Gasteiger partial charge < -0.3 is 21.5 Å². The number of nitrogen functional groups attached to an aromatic ring is 1. The van der Waals surface area contributed by atoms with Crippen LogP contribution in [0.25, 0.3) is 0 Å². The molecule has 0 saturated heterocycles. The number of rotatable bonds is 2. The number of fused-ring (bicyclic) bond motifs is 2. The van der Waals surface area contributed by atoms with Gasteiger partial charge in [0.15, 0.2) is 0 Å². The van der Waals surface area contributed by atoms with Crippen LogP contribution in [0, 0.1) is 0 Å². The van der Waals surface area contributed by atoms with Crippen LogP contribution in [0.3, 0.4) is 0 Å². The van der Waals surface area contributed by atoms with Gasteiger partial charge in [0, 0.05) is 18.2 Å². The minimum absolute atomic E-state index is 0.0866. The molecule has 132 valence electrons. The average molecular weight is 341 g/mol. The predicted octanol–water partition coefficient (Wildman–Crippen LogP) is 1.53. The Balaban J connectivity index is 1.72. The number of nitrogens with two attached hydrogens (primary N) is 2. The number of methoxy groups -OCH3 is 1. The summed E-state index contributed by atoms with van der Waals surface area (Å²) in [6, 6.07) is 5.84. The Morgan fingerprint density at radius 1 is 1.40 bits per heavy atom. The van der Waals surface area contributed by atoms with E-state index in [2.05, 4.69) is 10.4 Å². The van der Waals surface area contributed by atoms with Crippen LogP contribution in [-0.4, -0.2) is 35.4 Å². The van der Waals surface area contributed by atoms with Gasteiger partial charge in [-0.2, -0.15) is 9.78 Å². The highest BCUT2D eigenvalue weighted by Gasteiger charge is 2.33. The van der Waals surface area contributed by atoms with Gasteiger partial charge in [-0.05, 0) is 37.3 Å². The molecule has 7 nitrogen and oxygen atoms in total. The second-order valence-electron chi connectivity index (χ2n) is 6.76. The SMILES string of the molecule is COc1cccc2c1NCCC2C(=O)n1nc2c(c1N)C[C@@H](N)CC2. The van der Waals surface area contributed by atoms with Crippen molar-refractivity contribution in [3.05, 3.63) is 35.0 Å². The van der Waals surface area contributed by atoms with Gasteiger partial charge in [0.1, 0.15) is 11.6 Å². The molecule has 1 aromatic carbocycles. The molecule has 4 rings (SSSR count). The lowest BCUT2D eigenvalue weighted by Gasteiger charge is -2.27. The smallest absolute Gasteiger partial charge is 0.256 e. The molecule has 0 spiro atoms. The van der Waals surface area contributed by atoms with E-state index in [4.69, 9.17) is 16.2 Å². The number of hydrogen-bond donors (Lipinski definition) is 3. The molecular weight excluding hydrogens is 318 g/mol. The van der Waals surface area contributed by atoms with E-state index in [0.717, 1.165) is 41.1 Å². The quantitative estimate of drug-likeness (QED) is 0.764. The van der Waals surface area contributed by atoms with Crippen molar-refractivity contribution in [2.75, 3.05) is 24.7 Å². The van der Waals surface area contributed by atoms with Crippen LogP contribution in [0.4, 0.5) is 11.5 Å². The number of anilines is 2. The summed E-state index contributed by atoms with van der Waals surface area (Å²) in [4.78, 5) is 13.2. The number of para-hydroxylation sites is 1. The largest absolute Gasteiger partial charge is 0.495 e. The molecule has 25 heavy (non-hydrogen) atoms. The van der Waals surface area contributed by atoms with Gasteiger partial charge in [-0.15, -0.1) is 0 Å². The molecule has 1 aliphatic heterocycles. The fourth-order valence-corrected chi connectivity index (χ4v) is 3.89. The molecule has 0 radical (unpaired) electrons. The van der Waals surface area contributed by atoms with Crippen LogP contribution in [0.1, 0.15) is 40.4 Å². The summed E-state index contributed by atoms with van der Waals surface area (Å²) in [6.45, 7) is 0.704. The van der Waals surface area contributed by atoms with Crippen molar-refractivity contribution in [2.45, 2.75) is 37.6 Å². The van der Waals surface area contributed by atoms with Crippen molar-refractivity contribution in [1.29, 1.82) is 0 Å². The van der Waals surface area contributed by atoms with Crippen molar-refractivity contribution in [2.24, 2.45) is 5.73 Å². The average Bonchev–Trinajstić information content (AvgIpc) is 2.96. The first-order valence-corrected chi connectivity index (χ1v) is 8.67. The highest BCUT2D eigenvalue weighted by Crippen LogP contribution is 2.39. The molecule has 2 aromatic rings. The van der Waals surface area contributed by atoms with Crippen LogP contribution in [0.2, 0.25) is 0 Å². The highest BCUT2D eigenvalue weighted by molar-refractivity contribution is 5.91. The Morgan fingerprint density at radius 2 is 2.24 bits per heavy atom. The maximum absolute atomic E-state index is 13.2. The van der Waals surface area contributed by atoms with Crippen LogP contribution < -0.4 is 21.5 Å². The normalized spacial score (nSPS) is 21.8. The predicted molar refractivity (Wildman–Crippen MR) is 96.1 cm³/mol. The molecule has 1 unspecified atom stereocenters. The van der Waals surface area contributed by atoms with Gasteiger partial charge in [0.25, 0.3) is 5.91 Å². The van der Waals surface area contributed by atoms with Crippen LogP contribution >= 0.6 is 0 Å². The van der Waals surface area contributed by atoms with Gasteiger partial charge in [0.05, 0.1) is 24.4 Å². The summed E-state index contributed by atoms with van der Waals surface area (Å²) >= 11 is 0. The van der Waals surface area contributed by atoms with E-state index >= 15 is 0 Å². The van der Waals surface area contributed by atoms with Crippen molar-refractivity contribution in [1.82, 2.24) is 9.78 Å². The van der Waals surface area contributed by atoms with Crippen LogP contribution in [0.15, 0.2) is 18.2 Å². The topological polar surface area (TPSA) is 108 Å². The van der Waals surface area contributed by atoms with Gasteiger partial charge in [0.2, 0.25) is 0 Å². The van der Waals surface area contributed by atoms with Gasteiger partial charge >= 0.3 is 0 Å². The van der Waals surface area contributed by atoms with E-state index in [1.807, 2.05) is 18.2 Å². The van der Waals surface area contributed by atoms with E-state index in [9.17, 15) is 4.79 Å². The number of aromatic nitrogens is 2. The number of nitrogens with one attached hydrogen (secondary N) is 1. The minimum Gasteiger partial charge on any atom is -0.495 e. The number of carbonyl (C=O) groups excluding carboxylic acids is 1. The Labute approximate surface area is 146 Å². The first-order valence-electron chi connectivity index (χ1n) is 8.67. The zero-order chi connectivity index (χ0) is 17.6. The van der Waals surface area contributed by atoms with E-state index in [0.29, 0.717) is 25.2 Å². The zero-order valence-electron chi connectivity index (χ0n) is 14.3. The van der Waals surface area contributed by atoms with Gasteiger partial charge in [-0.3, -0.25) is 4.79 Å². The molecule has 7 heteroatoms. The van der Waals surface area contributed by atoms with Gasteiger partial charge in [-0.25, -0.2) is 0 Å². The van der Waals surface area contributed by atoms with E-state index in [1.54, 1.807) is 7.11 Å². The molecule has 1 aliphatic carbocycles. The number of aryl methyl sites for hydroxylation is 1. The van der Waals surface area contributed by atoms with E-state index in [1.165, 1.54) is 4.68 Å². The molecule has 0 amide bonds. The van der Waals surface area contributed by atoms with Crippen molar-refractivity contribution in [3.63, 3.8) is 0 Å². The third kappa shape index (κ3) is 2.55. The number of carbonyl (C=O) groups is 1. The molecular formula is C18H23N5O2. The lowest BCUT2D eigenvalue weighted by Crippen LogP contribution is -2.29. The number of benzene rings is 1. The molecule has 2 aliphatic rings. The van der Waals surface area contributed by atoms with E-state index < -0.39 is 0 Å². The first kappa shape index (κ1) is 16.0. The Bertz CT molecular complexity index is 829. The molecule has 1 aromatic heterocycles. The summed E-state index contributed by atoms with van der Waals surface area (Å²) in [5, 5.41) is 7.84. The molecule has 0 fully saturated rings. The fourth-order valence-electron chi connectivity index (χ4n) is 3.89. The van der Waals surface area contributed by atoms with E-state index in [-0.39, 0.29) is 17.9 Å². The summed E-state index contributed by atoms with van der Waals surface area (Å²) in [6.07, 6.45) is 3.04. The lowest BCUT2D eigenvalue weighted by atomic mass is 9.89. The highest BCUT2D eigenvalue weighted by atomic mass is 16.5. The molecule has 0 saturated carbocycles. The zero-order valence-corrected chi connectivity index (χ0v) is 14.3. The summed E-state index contributed by atoms with van der Waals surface area (Å²) in [5.41, 5.74) is 16.0. The molecule has 0 bridgehead atoms. The Hall–Kier alpha value is -2.54. The third-order valence-electron chi connectivity index (χ3n) is 5.22. The van der Waals surface area contributed by atoms with Crippen molar-refractivity contribution >= 4 is 17.4 Å². The van der Waals surface area contributed by atoms with Crippen molar-refractivity contribution < 1.29 is 9.53 Å². The summed E-state index contributed by atoms with van der Waals surface area (Å²) < 4.78 is 6.80. The van der Waals surface area contributed by atoms with Crippen LogP contribution in [-0.2, 0) is 12.8 Å². The number of ether oxygens (including phenoxy) is 1. The standard InChI is InChI=1S/C18H23N5O2/c1-25-15-4-2-3-11-12(7-8-21-16(11)15)18(24)23-17(20)13-9-10(19)5-6-14(13)22-23/h2-4,10,12,21H,5-9,19-20H2,1H3/t10-,12?/m0/s1. The van der Waals surface area contributed by atoms with Crippen molar-refractivity contribution in [3.8, 4) is 5.75 Å². The Kier molecular flexibility index (Phi) is 3.88. The summed E-state index contributed by atoms with van der Waals surface area (Å²) in [5.74, 6) is 0.812. The third-order valence-corrected chi connectivity index (χ3v) is 5.22. The number of hydrogen-bond acceptors (Lipinski definition) is 6. The number of nitrogens with zero attached hydrogens (tertiary/aromatic N) is 2. The molecule has 2 heterocycles. The molecule has 5 N–H and O–H groups in total. The second-order valence-corrected chi connectivity index (χ2v) is 6.76. The molecule has 2 atom stereocenters. The maximum atomic E-state index is 13.2. The monoisotopic (exact) mass is 341 g/mol. The maximum Gasteiger partial charge on any atom is 0.256 e. The minimum atomic E-state index is -0.288. The van der Waals surface area contributed by atoms with Gasteiger partial charge in [-0.1, -0.05) is 12.1 Å².